The van der Waals surface area contributed by atoms with E-state index in [1.807, 2.05) is 6.92 Å². The van der Waals surface area contributed by atoms with E-state index in [4.69, 9.17) is 5.11 Å². The van der Waals surface area contributed by atoms with E-state index in [0.717, 1.165) is 5.56 Å². The number of aliphatic carboxylic acids is 1. The first-order chi connectivity index (χ1) is 5.61. The fourth-order valence-corrected chi connectivity index (χ4v) is 0.878. The number of rotatable bonds is 2. The van der Waals surface area contributed by atoms with Crippen LogP contribution in [0.1, 0.15) is 17.3 Å². The molecule has 0 bridgehead atoms. The summed E-state index contributed by atoms with van der Waals surface area (Å²) in [5.41, 5.74) is 1.17. The summed E-state index contributed by atoms with van der Waals surface area (Å²) in [5, 5.41) is 8.33. The Labute approximate surface area is 69.6 Å². The first-order valence-corrected chi connectivity index (χ1v) is 3.54. The number of halogens is 1. The number of carbonyl (C=O) groups is 1. The highest BCUT2D eigenvalue weighted by Crippen LogP contribution is 2.17. The lowest BCUT2D eigenvalue weighted by Crippen LogP contribution is -2.05. The topological polar surface area (TPSA) is 37.3 Å². The predicted molar refractivity (Wildman–Crippen MR) is 42.7 cm³/mol. The Hall–Kier alpha value is -1.38. The molecule has 1 N–H and O–H groups in total. The van der Waals surface area contributed by atoms with E-state index < -0.39 is 12.1 Å². The number of hydrogen-bond acceptors (Lipinski definition) is 1. The molecular formula is C9H9FO2. The molecule has 1 rings (SSSR count). The van der Waals surface area contributed by atoms with Gasteiger partial charge in [0.25, 0.3) is 0 Å². The highest BCUT2D eigenvalue weighted by Gasteiger charge is 2.17. The van der Waals surface area contributed by atoms with E-state index in [2.05, 4.69) is 0 Å². The van der Waals surface area contributed by atoms with Crippen molar-refractivity contribution in [1.29, 1.82) is 0 Å². The quantitative estimate of drug-likeness (QED) is 0.734. The van der Waals surface area contributed by atoms with Gasteiger partial charge in [-0.05, 0) is 12.5 Å². The monoisotopic (exact) mass is 168 g/mol. The Morgan fingerprint density at radius 1 is 1.42 bits per heavy atom. The Morgan fingerprint density at radius 2 is 1.92 bits per heavy atom. The average molecular weight is 168 g/mol. The van der Waals surface area contributed by atoms with Gasteiger partial charge in [-0.1, -0.05) is 29.8 Å². The molecule has 0 saturated heterocycles. The zero-order chi connectivity index (χ0) is 9.14. The Bertz CT molecular complexity index is 279. The molecule has 1 atom stereocenters. The van der Waals surface area contributed by atoms with Crippen molar-refractivity contribution in [2.24, 2.45) is 0 Å². The molecule has 2 nitrogen and oxygen atoms in total. The first kappa shape index (κ1) is 8.71. The number of hydrogen-bond donors (Lipinski definition) is 1. The minimum atomic E-state index is -1.91. The van der Waals surface area contributed by atoms with Crippen LogP contribution in [0.3, 0.4) is 0 Å². The average Bonchev–Trinajstić information content (AvgIpc) is 2.04. The molecule has 1 aromatic rings. The number of carboxylic acid groups (broad SMARTS) is 1. The predicted octanol–water partition coefficient (Wildman–Crippen LogP) is 2.09. The van der Waals surface area contributed by atoms with Gasteiger partial charge in [-0.3, -0.25) is 0 Å². The third-order valence-electron chi connectivity index (χ3n) is 1.59. The molecule has 0 aliphatic heterocycles. The van der Waals surface area contributed by atoms with Crippen LogP contribution in [-0.4, -0.2) is 11.1 Å². The zero-order valence-electron chi connectivity index (χ0n) is 6.62. The lowest BCUT2D eigenvalue weighted by molar-refractivity contribution is -0.143. The van der Waals surface area contributed by atoms with Gasteiger partial charge in [0.2, 0.25) is 6.17 Å². The van der Waals surface area contributed by atoms with Gasteiger partial charge in [-0.2, -0.15) is 0 Å². The van der Waals surface area contributed by atoms with E-state index in [0.29, 0.717) is 0 Å². The van der Waals surface area contributed by atoms with Gasteiger partial charge in [0.05, 0.1) is 0 Å². The second-order valence-electron chi connectivity index (χ2n) is 2.61. The smallest absolute Gasteiger partial charge is 0.343 e. The molecule has 3 heteroatoms. The fourth-order valence-electron chi connectivity index (χ4n) is 0.878. The van der Waals surface area contributed by atoms with Crippen molar-refractivity contribution in [1.82, 2.24) is 0 Å². The molecule has 1 aromatic carbocycles. The van der Waals surface area contributed by atoms with Crippen molar-refractivity contribution in [2.45, 2.75) is 13.1 Å². The number of carboxylic acids is 1. The van der Waals surface area contributed by atoms with E-state index in [-0.39, 0.29) is 5.56 Å². The summed E-state index contributed by atoms with van der Waals surface area (Å²) in [7, 11) is 0. The van der Waals surface area contributed by atoms with E-state index >= 15 is 0 Å². The largest absolute Gasteiger partial charge is 0.479 e. The Balaban J connectivity index is 2.89. The zero-order valence-corrected chi connectivity index (χ0v) is 6.62. The van der Waals surface area contributed by atoms with Crippen LogP contribution in [0.5, 0.6) is 0 Å². The maximum atomic E-state index is 12.8. The van der Waals surface area contributed by atoms with E-state index in [1.54, 1.807) is 12.1 Å². The fraction of sp³-hybridized carbons (Fsp3) is 0.222. The van der Waals surface area contributed by atoms with Crippen molar-refractivity contribution < 1.29 is 14.3 Å². The molecule has 0 fully saturated rings. The molecule has 0 amide bonds. The van der Waals surface area contributed by atoms with Gasteiger partial charge < -0.3 is 5.11 Å². The molecular weight excluding hydrogens is 159 g/mol. The van der Waals surface area contributed by atoms with Crippen molar-refractivity contribution in [3.05, 3.63) is 35.4 Å². The summed E-state index contributed by atoms with van der Waals surface area (Å²) in [4.78, 5) is 10.2. The van der Waals surface area contributed by atoms with Crippen LogP contribution < -0.4 is 0 Å². The molecule has 0 aliphatic carbocycles. The summed E-state index contributed by atoms with van der Waals surface area (Å²) in [6.07, 6.45) is -1.91. The molecule has 0 aliphatic rings. The number of benzene rings is 1. The standard InChI is InChI=1S/C9H9FO2/c1-6-2-4-7(5-3-6)8(10)9(11)12/h2-5,8H,1H3,(H,11,12)/t8-/m0/s1. The van der Waals surface area contributed by atoms with Crippen LogP contribution in [-0.2, 0) is 4.79 Å². The SMILES string of the molecule is Cc1ccc([C@H](F)C(=O)O)cc1. The summed E-state index contributed by atoms with van der Waals surface area (Å²) in [6.45, 7) is 1.86. The lowest BCUT2D eigenvalue weighted by atomic mass is 10.1. The molecule has 0 unspecified atom stereocenters. The summed E-state index contributed by atoms with van der Waals surface area (Å²) in [6, 6.07) is 6.33. The van der Waals surface area contributed by atoms with E-state index in [1.165, 1.54) is 12.1 Å². The van der Waals surface area contributed by atoms with Crippen molar-refractivity contribution in [3.63, 3.8) is 0 Å². The Morgan fingerprint density at radius 3 is 2.33 bits per heavy atom. The first-order valence-electron chi connectivity index (χ1n) is 3.54. The van der Waals surface area contributed by atoms with Gasteiger partial charge in [-0.15, -0.1) is 0 Å². The lowest BCUT2D eigenvalue weighted by Gasteiger charge is -2.02. The maximum absolute atomic E-state index is 12.8. The summed E-state index contributed by atoms with van der Waals surface area (Å²) >= 11 is 0. The van der Waals surface area contributed by atoms with Gasteiger partial charge in [0.1, 0.15) is 0 Å². The van der Waals surface area contributed by atoms with Crippen LogP contribution in [0.2, 0.25) is 0 Å². The second kappa shape index (κ2) is 3.34. The van der Waals surface area contributed by atoms with Crippen LogP contribution in [0.15, 0.2) is 24.3 Å². The third kappa shape index (κ3) is 1.81. The van der Waals surface area contributed by atoms with Crippen molar-refractivity contribution >= 4 is 5.97 Å². The second-order valence-corrected chi connectivity index (χ2v) is 2.61. The van der Waals surface area contributed by atoms with Crippen LogP contribution >= 0.6 is 0 Å². The highest BCUT2D eigenvalue weighted by molar-refractivity contribution is 5.74. The minimum Gasteiger partial charge on any atom is -0.479 e. The van der Waals surface area contributed by atoms with Gasteiger partial charge in [0, 0.05) is 0 Å². The third-order valence-corrected chi connectivity index (χ3v) is 1.59. The van der Waals surface area contributed by atoms with E-state index in [9.17, 15) is 9.18 Å². The molecule has 64 valence electrons. The van der Waals surface area contributed by atoms with Crippen LogP contribution in [0.4, 0.5) is 4.39 Å². The van der Waals surface area contributed by atoms with Crippen molar-refractivity contribution in [2.75, 3.05) is 0 Å². The maximum Gasteiger partial charge on any atom is 0.343 e. The number of aryl methyl sites for hydroxylation is 1. The molecule has 12 heavy (non-hydrogen) atoms. The normalized spacial score (nSPS) is 12.5. The minimum absolute atomic E-state index is 0.188. The molecule has 0 heterocycles. The molecule has 0 saturated carbocycles. The summed E-state index contributed by atoms with van der Waals surface area (Å²) < 4.78 is 12.8. The molecule has 0 spiro atoms. The van der Waals surface area contributed by atoms with Crippen LogP contribution in [0.25, 0.3) is 0 Å². The van der Waals surface area contributed by atoms with Gasteiger partial charge in [0.15, 0.2) is 0 Å². The van der Waals surface area contributed by atoms with Gasteiger partial charge >= 0.3 is 5.97 Å². The number of alkyl halides is 1. The summed E-state index contributed by atoms with van der Waals surface area (Å²) in [5.74, 6) is -1.45. The van der Waals surface area contributed by atoms with Crippen LogP contribution in [0, 0.1) is 6.92 Å². The Kier molecular flexibility index (Phi) is 2.43. The molecule has 0 radical (unpaired) electrons. The van der Waals surface area contributed by atoms with Gasteiger partial charge in [-0.25, -0.2) is 9.18 Å². The van der Waals surface area contributed by atoms with Crippen molar-refractivity contribution in [3.8, 4) is 0 Å². The highest BCUT2D eigenvalue weighted by atomic mass is 19.1. The molecule has 0 aromatic heterocycles.